The lowest BCUT2D eigenvalue weighted by Crippen LogP contribution is -2.49. The number of nitrogens with one attached hydrogen (secondary N) is 1. The van der Waals surface area contributed by atoms with Gasteiger partial charge >= 0.3 is 0 Å². The molecule has 0 radical (unpaired) electrons. The summed E-state index contributed by atoms with van der Waals surface area (Å²) in [6, 6.07) is -0.405. The number of carbonyl (C=O) groups excluding carboxylic acids is 2. The van der Waals surface area contributed by atoms with Gasteiger partial charge in [0.05, 0.1) is 6.04 Å². The fourth-order valence-electron chi connectivity index (χ4n) is 3.01. The lowest BCUT2D eigenvalue weighted by atomic mass is 9.84. The summed E-state index contributed by atoms with van der Waals surface area (Å²) in [6.07, 6.45) is 0. The summed E-state index contributed by atoms with van der Waals surface area (Å²) in [7, 11) is 0. The number of rotatable bonds is 3. The third-order valence-electron chi connectivity index (χ3n) is 4.84. The van der Waals surface area contributed by atoms with Crippen LogP contribution in [-0.4, -0.2) is 17.7 Å². The smallest absolute Gasteiger partial charge is 0.224 e. The van der Waals surface area contributed by atoms with Crippen LogP contribution in [0.3, 0.4) is 0 Å². The average Bonchev–Trinajstić information content (AvgIpc) is 2.50. The summed E-state index contributed by atoms with van der Waals surface area (Å²) in [5.74, 6) is 0.0291. The summed E-state index contributed by atoms with van der Waals surface area (Å²) in [6.45, 7) is 15.9. The van der Waals surface area contributed by atoms with Crippen LogP contribution in [0.25, 0.3) is 0 Å². The Morgan fingerprint density at radius 1 is 1.06 bits per heavy atom. The Balaban J connectivity index is 2.81. The van der Waals surface area contributed by atoms with Crippen molar-refractivity contribution in [2.75, 3.05) is 0 Å². The van der Waals surface area contributed by atoms with Crippen LogP contribution in [0.2, 0.25) is 0 Å². The molecule has 0 aromatic carbocycles. The second-order valence-corrected chi connectivity index (χ2v) is 7.79. The van der Waals surface area contributed by atoms with E-state index in [1.807, 2.05) is 20.8 Å². The first-order valence-corrected chi connectivity index (χ1v) is 6.64. The van der Waals surface area contributed by atoms with Crippen LogP contribution in [0.4, 0.5) is 0 Å². The first kappa shape index (κ1) is 15.2. The van der Waals surface area contributed by atoms with Crippen molar-refractivity contribution >= 4 is 11.7 Å². The Morgan fingerprint density at radius 3 is 1.67 bits per heavy atom. The molecule has 3 nitrogen and oxygen atoms in total. The molecule has 18 heavy (non-hydrogen) atoms. The minimum Gasteiger partial charge on any atom is -0.345 e. The van der Waals surface area contributed by atoms with Gasteiger partial charge in [0, 0.05) is 5.92 Å². The molecule has 1 rings (SSSR count). The van der Waals surface area contributed by atoms with Crippen LogP contribution in [0.1, 0.15) is 55.4 Å². The van der Waals surface area contributed by atoms with E-state index in [1.165, 1.54) is 0 Å². The van der Waals surface area contributed by atoms with E-state index in [9.17, 15) is 9.59 Å². The highest BCUT2D eigenvalue weighted by atomic mass is 16.2. The molecule has 104 valence electrons. The minimum atomic E-state index is -0.405. The topological polar surface area (TPSA) is 46.2 Å². The molecule has 1 saturated carbocycles. The fourth-order valence-corrected chi connectivity index (χ4v) is 3.01. The van der Waals surface area contributed by atoms with Crippen LogP contribution in [0, 0.1) is 22.2 Å². The Bertz CT molecular complexity index is 360. The Morgan fingerprint density at radius 2 is 1.44 bits per heavy atom. The Kier molecular flexibility index (Phi) is 3.44. The maximum absolute atomic E-state index is 12.3. The van der Waals surface area contributed by atoms with Gasteiger partial charge in [-0.05, 0) is 23.2 Å². The fraction of sp³-hybridized carbons (Fsp3) is 0.867. The van der Waals surface area contributed by atoms with Gasteiger partial charge in [-0.1, -0.05) is 48.5 Å². The summed E-state index contributed by atoms with van der Waals surface area (Å²) in [5, 5.41) is 2.94. The van der Waals surface area contributed by atoms with Crippen molar-refractivity contribution in [3.05, 3.63) is 0 Å². The lowest BCUT2D eigenvalue weighted by molar-refractivity contribution is -0.130. The van der Waals surface area contributed by atoms with E-state index in [0.717, 1.165) is 0 Å². The molecule has 1 aliphatic rings. The van der Waals surface area contributed by atoms with Gasteiger partial charge in [0.15, 0.2) is 5.78 Å². The van der Waals surface area contributed by atoms with Crippen LogP contribution in [0.5, 0.6) is 0 Å². The summed E-state index contributed by atoms with van der Waals surface area (Å²) in [4.78, 5) is 24.0. The molecular formula is C15H27NO2. The largest absolute Gasteiger partial charge is 0.345 e. The maximum atomic E-state index is 12.3. The van der Waals surface area contributed by atoms with E-state index in [4.69, 9.17) is 0 Å². The zero-order valence-corrected chi connectivity index (χ0v) is 13.0. The summed E-state index contributed by atoms with van der Waals surface area (Å²) in [5.41, 5.74) is -0.225. The van der Waals surface area contributed by atoms with Crippen molar-refractivity contribution in [2.45, 2.75) is 61.4 Å². The molecule has 1 unspecified atom stereocenters. The first-order chi connectivity index (χ1) is 7.83. The van der Waals surface area contributed by atoms with Crippen LogP contribution < -0.4 is 5.32 Å². The number of hydrogen-bond donors (Lipinski definition) is 1. The Hall–Kier alpha value is -0.860. The maximum Gasteiger partial charge on any atom is 0.224 e. The van der Waals surface area contributed by atoms with Gasteiger partial charge in [-0.3, -0.25) is 9.59 Å². The highest BCUT2D eigenvalue weighted by molar-refractivity contribution is 5.91. The summed E-state index contributed by atoms with van der Waals surface area (Å²) >= 11 is 0. The normalized spacial score (nSPS) is 23.3. The zero-order valence-electron chi connectivity index (χ0n) is 13.0. The number of hydrogen-bond acceptors (Lipinski definition) is 2. The van der Waals surface area contributed by atoms with Crippen molar-refractivity contribution in [2.24, 2.45) is 22.2 Å². The molecule has 0 bridgehead atoms. The molecule has 0 aromatic heterocycles. The molecule has 0 aliphatic heterocycles. The molecule has 1 atom stereocenters. The lowest BCUT2D eigenvalue weighted by Gasteiger charge is -2.29. The standard InChI is InChI=1S/C15H27NO2/c1-9(17)11(13(2,3)4)16-12(18)10-14(5,6)15(10,7)8/h10-11H,1-8H3,(H,16,18). The molecule has 1 N–H and O–H groups in total. The third kappa shape index (κ3) is 2.32. The number of Topliss-reactive ketones (excluding diaryl/α,β-unsaturated/α-hetero) is 1. The first-order valence-electron chi connectivity index (χ1n) is 6.64. The predicted octanol–water partition coefficient (Wildman–Crippen LogP) is 2.79. The molecule has 0 spiro atoms. The predicted molar refractivity (Wildman–Crippen MR) is 73.1 cm³/mol. The molecule has 1 fully saturated rings. The van der Waals surface area contributed by atoms with Gasteiger partial charge < -0.3 is 5.32 Å². The van der Waals surface area contributed by atoms with Crippen molar-refractivity contribution < 1.29 is 9.59 Å². The third-order valence-corrected chi connectivity index (χ3v) is 4.84. The minimum absolute atomic E-state index is 0.00537. The second kappa shape index (κ2) is 4.07. The number of amides is 1. The van der Waals surface area contributed by atoms with Crippen molar-refractivity contribution in [3.8, 4) is 0 Å². The van der Waals surface area contributed by atoms with Crippen LogP contribution in [0.15, 0.2) is 0 Å². The van der Waals surface area contributed by atoms with Gasteiger partial charge in [0.25, 0.3) is 0 Å². The van der Waals surface area contributed by atoms with E-state index >= 15 is 0 Å². The number of carbonyl (C=O) groups is 2. The molecule has 0 aromatic rings. The van der Waals surface area contributed by atoms with Gasteiger partial charge in [0.1, 0.15) is 0 Å². The average molecular weight is 253 g/mol. The van der Waals surface area contributed by atoms with Crippen molar-refractivity contribution in [3.63, 3.8) is 0 Å². The monoisotopic (exact) mass is 253 g/mol. The van der Waals surface area contributed by atoms with Gasteiger partial charge in [-0.25, -0.2) is 0 Å². The molecule has 3 heteroatoms. The van der Waals surface area contributed by atoms with E-state index in [0.29, 0.717) is 0 Å². The van der Waals surface area contributed by atoms with E-state index in [-0.39, 0.29) is 33.9 Å². The molecule has 1 aliphatic carbocycles. The quantitative estimate of drug-likeness (QED) is 0.840. The van der Waals surface area contributed by atoms with Gasteiger partial charge in [-0.15, -0.1) is 0 Å². The molecule has 0 saturated heterocycles. The highest BCUT2D eigenvalue weighted by Gasteiger charge is 2.68. The van der Waals surface area contributed by atoms with Gasteiger partial charge in [0.2, 0.25) is 5.91 Å². The highest BCUT2D eigenvalue weighted by Crippen LogP contribution is 2.68. The molecule has 0 heterocycles. The van der Waals surface area contributed by atoms with E-state index in [2.05, 4.69) is 33.0 Å². The SMILES string of the molecule is CC(=O)C(NC(=O)C1C(C)(C)C1(C)C)C(C)(C)C. The van der Waals surface area contributed by atoms with Crippen LogP contribution in [-0.2, 0) is 9.59 Å². The molecular weight excluding hydrogens is 226 g/mol. The zero-order chi connectivity index (χ0) is 14.5. The molecule has 1 amide bonds. The van der Waals surface area contributed by atoms with Crippen LogP contribution >= 0.6 is 0 Å². The van der Waals surface area contributed by atoms with E-state index < -0.39 is 6.04 Å². The summed E-state index contributed by atoms with van der Waals surface area (Å²) < 4.78 is 0. The Labute approximate surface area is 111 Å². The van der Waals surface area contributed by atoms with Crippen molar-refractivity contribution in [1.82, 2.24) is 5.32 Å². The van der Waals surface area contributed by atoms with Crippen molar-refractivity contribution in [1.29, 1.82) is 0 Å². The number of ketones is 1. The van der Waals surface area contributed by atoms with E-state index in [1.54, 1.807) is 6.92 Å². The van der Waals surface area contributed by atoms with Gasteiger partial charge in [-0.2, -0.15) is 0 Å². The second-order valence-electron chi connectivity index (χ2n) is 7.79.